The van der Waals surface area contributed by atoms with Crippen LogP contribution in [-0.2, 0) is 11.0 Å². The van der Waals surface area contributed by atoms with Gasteiger partial charge in [-0.05, 0) is 36.2 Å². The summed E-state index contributed by atoms with van der Waals surface area (Å²) in [6.45, 7) is 2.22. The van der Waals surface area contributed by atoms with Gasteiger partial charge < -0.3 is 10.6 Å². The molecule has 1 unspecified atom stereocenters. The molecule has 0 radical (unpaired) electrons. The van der Waals surface area contributed by atoms with Gasteiger partial charge in [-0.2, -0.15) is 13.2 Å². The van der Waals surface area contributed by atoms with Crippen molar-refractivity contribution in [2.75, 3.05) is 13.1 Å². The summed E-state index contributed by atoms with van der Waals surface area (Å²) in [4.78, 5) is 23.9. The third kappa shape index (κ3) is 6.13. The predicted octanol–water partition coefficient (Wildman–Crippen LogP) is 3.75. The minimum Gasteiger partial charge on any atom is -0.354 e. The zero-order valence-corrected chi connectivity index (χ0v) is 14.8. The summed E-state index contributed by atoms with van der Waals surface area (Å²) in [5, 5.41) is 5.17. The summed E-state index contributed by atoms with van der Waals surface area (Å²) >= 11 is 0. The van der Waals surface area contributed by atoms with Crippen LogP contribution in [-0.4, -0.2) is 24.9 Å². The molecule has 1 atom stereocenters. The van der Waals surface area contributed by atoms with E-state index in [1.165, 1.54) is 0 Å². The summed E-state index contributed by atoms with van der Waals surface area (Å²) in [5.74, 6) is -0.792. The first kappa shape index (κ1) is 20.5. The summed E-state index contributed by atoms with van der Waals surface area (Å²) in [6, 6.07) is 13.6. The molecule has 0 spiro atoms. The Bertz CT molecular complexity index is 759. The third-order valence-electron chi connectivity index (χ3n) is 4.19. The Labute approximate surface area is 155 Å². The van der Waals surface area contributed by atoms with Crippen LogP contribution >= 0.6 is 0 Å². The fourth-order valence-electron chi connectivity index (χ4n) is 2.60. The molecule has 27 heavy (non-hydrogen) atoms. The summed E-state index contributed by atoms with van der Waals surface area (Å²) in [6.07, 6.45) is -3.61. The van der Waals surface area contributed by atoms with Gasteiger partial charge in [0.15, 0.2) is 0 Å². The maximum atomic E-state index is 12.5. The largest absolute Gasteiger partial charge is 0.416 e. The van der Waals surface area contributed by atoms with E-state index in [0.717, 1.165) is 36.2 Å². The van der Waals surface area contributed by atoms with Gasteiger partial charge in [0.25, 0.3) is 5.91 Å². The van der Waals surface area contributed by atoms with Crippen LogP contribution in [0.3, 0.4) is 0 Å². The fourth-order valence-corrected chi connectivity index (χ4v) is 2.60. The lowest BCUT2D eigenvalue weighted by Gasteiger charge is -2.16. The summed E-state index contributed by atoms with van der Waals surface area (Å²) < 4.78 is 37.6. The molecule has 0 aromatic heterocycles. The SMILES string of the molecule is CCC(CNC(=O)CNC(=O)c1ccc(C(F)(F)F)cc1)c1ccccc1. The second-order valence-electron chi connectivity index (χ2n) is 6.08. The molecule has 0 bridgehead atoms. The zero-order chi connectivity index (χ0) is 19.9. The number of benzene rings is 2. The van der Waals surface area contributed by atoms with Crippen LogP contribution in [0.2, 0.25) is 0 Å². The number of hydrogen-bond acceptors (Lipinski definition) is 2. The van der Waals surface area contributed by atoms with Crippen molar-refractivity contribution in [1.82, 2.24) is 10.6 Å². The summed E-state index contributed by atoms with van der Waals surface area (Å²) in [5.41, 5.74) is 0.351. The van der Waals surface area contributed by atoms with Crippen LogP contribution in [0.1, 0.15) is 40.7 Å². The Morgan fingerprint density at radius 3 is 2.15 bits per heavy atom. The predicted molar refractivity (Wildman–Crippen MR) is 96.3 cm³/mol. The maximum absolute atomic E-state index is 12.5. The van der Waals surface area contributed by atoms with Gasteiger partial charge >= 0.3 is 6.18 Å². The number of halogens is 3. The maximum Gasteiger partial charge on any atom is 0.416 e. The topological polar surface area (TPSA) is 58.2 Å². The normalized spacial score (nSPS) is 12.3. The molecule has 0 fully saturated rings. The van der Waals surface area contributed by atoms with E-state index in [-0.39, 0.29) is 23.9 Å². The van der Waals surface area contributed by atoms with Crippen molar-refractivity contribution in [3.63, 3.8) is 0 Å². The van der Waals surface area contributed by atoms with E-state index in [4.69, 9.17) is 0 Å². The highest BCUT2D eigenvalue weighted by Crippen LogP contribution is 2.29. The molecular weight excluding hydrogens is 357 g/mol. The molecule has 4 nitrogen and oxygen atoms in total. The zero-order valence-electron chi connectivity index (χ0n) is 14.8. The lowest BCUT2D eigenvalue weighted by molar-refractivity contribution is -0.137. The van der Waals surface area contributed by atoms with E-state index in [1.54, 1.807) is 0 Å². The minimum atomic E-state index is -4.45. The van der Waals surface area contributed by atoms with E-state index >= 15 is 0 Å². The van der Waals surface area contributed by atoms with E-state index in [0.29, 0.717) is 6.54 Å². The van der Waals surface area contributed by atoms with Crippen LogP contribution in [0.4, 0.5) is 13.2 Å². The third-order valence-corrected chi connectivity index (χ3v) is 4.19. The van der Waals surface area contributed by atoms with Gasteiger partial charge in [0.2, 0.25) is 5.91 Å². The molecule has 144 valence electrons. The smallest absolute Gasteiger partial charge is 0.354 e. The van der Waals surface area contributed by atoms with Crippen molar-refractivity contribution >= 4 is 11.8 Å². The molecule has 7 heteroatoms. The van der Waals surface area contributed by atoms with Crippen molar-refractivity contribution in [3.05, 3.63) is 71.3 Å². The van der Waals surface area contributed by atoms with Gasteiger partial charge in [0, 0.05) is 18.0 Å². The number of rotatable bonds is 7. The molecule has 2 N–H and O–H groups in total. The number of carbonyl (C=O) groups is 2. The van der Waals surface area contributed by atoms with Gasteiger partial charge in [-0.15, -0.1) is 0 Å². The summed E-state index contributed by atoms with van der Waals surface area (Å²) in [7, 11) is 0. The Morgan fingerprint density at radius 2 is 1.59 bits per heavy atom. The van der Waals surface area contributed by atoms with Crippen LogP contribution in [0.25, 0.3) is 0 Å². The van der Waals surface area contributed by atoms with E-state index < -0.39 is 17.6 Å². The molecule has 0 aliphatic carbocycles. The molecule has 2 aromatic rings. The van der Waals surface area contributed by atoms with Gasteiger partial charge in [0.05, 0.1) is 12.1 Å². The number of alkyl halides is 3. The minimum absolute atomic E-state index is 0.0616. The molecule has 2 amide bonds. The van der Waals surface area contributed by atoms with Crippen molar-refractivity contribution in [1.29, 1.82) is 0 Å². The highest BCUT2D eigenvalue weighted by molar-refractivity contribution is 5.96. The van der Waals surface area contributed by atoms with E-state index in [2.05, 4.69) is 10.6 Å². The molecule has 0 aliphatic heterocycles. The lowest BCUT2D eigenvalue weighted by Crippen LogP contribution is -2.38. The standard InChI is InChI=1S/C20H21F3N2O2/c1-2-14(15-6-4-3-5-7-15)12-24-18(26)13-25-19(27)16-8-10-17(11-9-16)20(21,22)23/h3-11,14H,2,12-13H2,1H3,(H,24,26)(H,25,27). The molecule has 2 aromatic carbocycles. The lowest BCUT2D eigenvalue weighted by atomic mass is 9.96. The first-order valence-electron chi connectivity index (χ1n) is 8.58. The molecule has 0 saturated carbocycles. The number of nitrogens with one attached hydrogen (secondary N) is 2. The fraction of sp³-hybridized carbons (Fsp3) is 0.300. The van der Waals surface area contributed by atoms with Gasteiger partial charge in [-0.1, -0.05) is 37.3 Å². The Balaban J connectivity index is 1.81. The number of amides is 2. The van der Waals surface area contributed by atoms with Crippen molar-refractivity contribution in [2.45, 2.75) is 25.4 Å². The highest BCUT2D eigenvalue weighted by atomic mass is 19.4. The molecule has 0 aliphatic rings. The molecule has 0 heterocycles. The Kier molecular flexibility index (Phi) is 6.98. The molecular formula is C20H21F3N2O2. The molecule has 0 saturated heterocycles. The van der Waals surface area contributed by atoms with Crippen LogP contribution in [0.15, 0.2) is 54.6 Å². The van der Waals surface area contributed by atoms with Crippen LogP contribution in [0, 0.1) is 0 Å². The van der Waals surface area contributed by atoms with Crippen LogP contribution in [0.5, 0.6) is 0 Å². The first-order valence-corrected chi connectivity index (χ1v) is 8.58. The van der Waals surface area contributed by atoms with Gasteiger partial charge in [-0.25, -0.2) is 0 Å². The van der Waals surface area contributed by atoms with Crippen molar-refractivity contribution < 1.29 is 22.8 Å². The second-order valence-corrected chi connectivity index (χ2v) is 6.08. The second kappa shape index (κ2) is 9.21. The van der Waals surface area contributed by atoms with Gasteiger partial charge in [0.1, 0.15) is 0 Å². The van der Waals surface area contributed by atoms with Gasteiger partial charge in [-0.3, -0.25) is 9.59 Å². The van der Waals surface area contributed by atoms with Crippen molar-refractivity contribution in [3.8, 4) is 0 Å². The monoisotopic (exact) mass is 378 g/mol. The highest BCUT2D eigenvalue weighted by Gasteiger charge is 2.30. The average Bonchev–Trinajstić information content (AvgIpc) is 2.67. The van der Waals surface area contributed by atoms with Crippen molar-refractivity contribution in [2.24, 2.45) is 0 Å². The van der Waals surface area contributed by atoms with E-state index in [9.17, 15) is 22.8 Å². The first-order chi connectivity index (χ1) is 12.8. The number of hydrogen-bond donors (Lipinski definition) is 2. The average molecular weight is 378 g/mol. The quantitative estimate of drug-likeness (QED) is 0.771. The van der Waals surface area contributed by atoms with E-state index in [1.807, 2.05) is 37.3 Å². The Morgan fingerprint density at radius 1 is 0.963 bits per heavy atom. The number of carbonyl (C=O) groups excluding carboxylic acids is 2. The Hall–Kier alpha value is -2.83. The molecule has 2 rings (SSSR count). The van der Waals surface area contributed by atoms with Crippen LogP contribution < -0.4 is 10.6 Å².